The third-order valence-electron chi connectivity index (χ3n) is 2.91. The summed E-state index contributed by atoms with van der Waals surface area (Å²) >= 11 is 0. The van der Waals surface area contributed by atoms with Crippen molar-refractivity contribution < 1.29 is 4.79 Å². The van der Waals surface area contributed by atoms with E-state index in [9.17, 15) is 4.79 Å². The molecule has 0 heterocycles. The zero-order valence-electron chi connectivity index (χ0n) is 9.70. The van der Waals surface area contributed by atoms with E-state index < -0.39 is 0 Å². The van der Waals surface area contributed by atoms with Crippen molar-refractivity contribution in [3.8, 4) is 0 Å². The van der Waals surface area contributed by atoms with Gasteiger partial charge in [0.1, 0.15) is 6.29 Å². The zero-order valence-corrected chi connectivity index (χ0v) is 9.70. The van der Waals surface area contributed by atoms with Gasteiger partial charge in [0.2, 0.25) is 0 Å². The SMILES string of the molecule is CCCCC(=C(C)C=O)C1C=CC=CC1. The zero-order chi connectivity index (χ0) is 11.1. The lowest BCUT2D eigenvalue weighted by molar-refractivity contribution is -0.104. The maximum Gasteiger partial charge on any atom is 0.145 e. The number of hydrogen-bond acceptors (Lipinski definition) is 1. The molecular formula is C14H20O. The molecule has 82 valence electrons. The van der Waals surface area contributed by atoms with E-state index in [-0.39, 0.29) is 0 Å². The largest absolute Gasteiger partial charge is 0.298 e. The Kier molecular flexibility index (Phi) is 5.09. The van der Waals surface area contributed by atoms with Crippen LogP contribution in [0.3, 0.4) is 0 Å². The molecule has 0 aromatic rings. The Morgan fingerprint density at radius 2 is 2.27 bits per heavy atom. The van der Waals surface area contributed by atoms with Crippen LogP contribution in [-0.2, 0) is 4.79 Å². The molecule has 0 spiro atoms. The van der Waals surface area contributed by atoms with Crippen LogP contribution >= 0.6 is 0 Å². The predicted molar refractivity (Wildman–Crippen MR) is 64.7 cm³/mol. The third-order valence-corrected chi connectivity index (χ3v) is 2.91. The maximum absolute atomic E-state index is 10.9. The lowest BCUT2D eigenvalue weighted by Crippen LogP contribution is -2.05. The van der Waals surface area contributed by atoms with Gasteiger partial charge in [-0.25, -0.2) is 0 Å². The van der Waals surface area contributed by atoms with Crippen molar-refractivity contribution in [2.24, 2.45) is 5.92 Å². The monoisotopic (exact) mass is 204 g/mol. The van der Waals surface area contributed by atoms with E-state index in [0.29, 0.717) is 5.92 Å². The molecule has 0 bridgehead atoms. The highest BCUT2D eigenvalue weighted by molar-refractivity contribution is 5.74. The predicted octanol–water partition coefficient (Wildman–Crippen LogP) is 3.82. The van der Waals surface area contributed by atoms with Crippen molar-refractivity contribution in [3.63, 3.8) is 0 Å². The number of rotatable bonds is 5. The van der Waals surface area contributed by atoms with E-state index in [1.165, 1.54) is 18.4 Å². The molecule has 0 radical (unpaired) electrons. The van der Waals surface area contributed by atoms with E-state index in [1.54, 1.807) is 0 Å². The van der Waals surface area contributed by atoms with Crippen LogP contribution in [0.15, 0.2) is 35.5 Å². The standard InChI is InChI=1S/C14H20O/c1-3-4-10-14(12(2)11-15)13-8-6-5-7-9-13/h5-8,11,13H,3-4,9-10H2,1-2H3. The van der Waals surface area contributed by atoms with Gasteiger partial charge in [-0.1, -0.05) is 43.2 Å². The van der Waals surface area contributed by atoms with Gasteiger partial charge in [0, 0.05) is 5.92 Å². The van der Waals surface area contributed by atoms with Crippen molar-refractivity contribution in [2.75, 3.05) is 0 Å². The lowest BCUT2D eigenvalue weighted by atomic mass is 9.86. The first-order chi connectivity index (χ1) is 7.29. The Hall–Kier alpha value is -1.11. The molecule has 0 fully saturated rings. The summed E-state index contributed by atoms with van der Waals surface area (Å²) in [7, 11) is 0. The summed E-state index contributed by atoms with van der Waals surface area (Å²) in [6, 6.07) is 0. The van der Waals surface area contributed by atoms with Crippen LogP contribution in [0.5, 0.6) is 0 Å². The second kappa shape index (κ2) is 6.39. The van der Waals surface area contributed by atoms with Gasteiger partial charge in [-0.3, -0.25) is 4.79 Å². The molecule has 0 N–H and O–H groups in total. The van der Waals surface area contributed by atoms with Gasteiger partial charge in [-0.05, 0) is 31.8 Å². The fraction of sp³-hybridized carbons (Fsp3) is 0.500. The summed E-state index contributed by atoms with van der Waals surface area (Å²) in [5.74, 6) is 0.451. The number of aldehydes is 1. The van der Waals surface area contributed by atoms with Gasteiger partial charge in [-0.15, -0.1) is 0 Å². The van der Waals surface area contributed by atoms with E-state index in [1.807, 2.05) is 6.92 Å². The molecule has 1 aliphatic rings. The number of carbonyl (C=O) groups is 1. The van der Waals surface area contributed by atoms with Gasteiger partial charge in [0.15, 0.2) is 0 Å². The van der Waals surface area contributed by atoms with Gasteiger partial charge in [0.25, 0.3) is 0 Å². The molecule has 1 atom stereocenters. The Morgan fingerprint density at radius 1 is 1.47 bits per heavy atom. The van der Waals surface area contributed by atoms with Crippen LogP contribution in [-0.4, -0.2) is 6.29 Å². The number of carbonyl (C=O) groups excluding carboxylic acids is 1. The van der Waals surface area contributed by atoms with E-state index in [4.69, 9.17) is 0 Å². The first-order valence-electron chi connectivity index (χ1n) is 5.77. The fourth-order valence-corrected chi connectivity index (χ4v) is 1.96. The van der Waals surface area contributed by atoms with Crippen molar-refractivity contribution in [3.05, 3.63) is 35.5 Å². The second-order valence-electron chi connectivity index (χ2n) is 4.08. The van der Waals surface area contributed by atoms with Gasteiger partial charge in [0.05, 0.1) is 0 Å². The van der Waals surface area contributed by atoms with Crippen molar-refractivity contribution >= 4 is 6.29 Å². The number of hydrogen-bond donors (Lipinski definition) is 0. The maximum atomic E-state index is 10.9. The molecule has 0 saturated heterocycles. The molecule has 1 unspecified atom stereocenters. The smallest absolute Gasteiger partial charge is 0.145 e. The van der Waals surface area contributed by atoms with Gasteiger partial charge in [-0.2, -0.15) is 0 Å². The molecule has 1 nitrogen and oxygen atoms in total. The van der Waals surface area contributed by atoms with Crippen LogP contribution in [0.4, 0.5) is 0 Å². The Morgan fingerprint density at radius 3 is 2.80 bits per heavy atom. The molecule has 0 aliphatic heterocycles. The van der Waals surface area contributed by atoms with E-state index >= 15 is 0 Å². The summed E-state index contributed by atoms with van der Waals surface area (Å²) in [6.07, 6.45) is 14.0. The number of unbranched alkanes of at least 4 members (excludes halogenated alkanes) is 1. The molecule has 1 heteroatoms. The van der Waals surface area contributed by atoms with E-state index in [2.05, 4.69) is 31.2 Å². The van der Waals surface area contributed by atoms with Crippen LogP contribution in [0.25, 0.3) is 0 Å². The molecule has 0 amide bonds. The highest BCUT2D eigenvalue weighted by Crippen LogP contribution is 2.27. The molecule has 0 aromatic heterocycles. The molecular weight excluding hydrogens is 184 g/mol. The first-order valence-corrected chi connectivity index (χ1v) is 5.77. The molecule has 1 rings (SSSR count). The summed E-state index contributed by atoms with van der Waals surface area (Å²) in [4.78, 5) is 10.9. The van der Waals surface area contributed by atoms with Crippen LogP contribution in [0.1, 0.15) is 39.5 Å². The first kappa shape index (κ1) is 12.0. The summed E-state index contributed by atoms with van der Waals surface area (Å²) in [5, 5.41) is 0. The summed E-state index contributed by atoms with van der Waals surface area (Å²) in [6.45, 7) is 4.12. The van der Waals surface area contributed by atoms with Crippen LogP contribution in [0.2, 0.25) is 0 Å². The summed E-state index contributed by atoms with van der Waals surface area (Å²) < 4.78 is 0. The average Bonchev–Trinajstić information content (AvgIpc) is 2.30. The van der Waals surface area contributed by atoms with Gasteiger partial charge < -0.3 is 0 Å². The van der Waals surface area contributed by atoms with Crippen LogP contribution < -0.4 is 0 Å². The lowest BCUT2D eigenvalue weighted by Gasteiger charge is -2.18. The minimum Gasteiger partial charge on any atom is -0.298 e. The molecule has 15 heavy (non-hydrogen) atoms. The van der Waals surface area contributed by atoms with E-state index in [0.717, 1.165) is 24.7 Å². The highest BCUT2D eigenvalue weighted by atomic mass is 16.1. The Labute approximate surface area is 92.6 Å². The highest BCUT2D eigenvalue weighted by Gasteiger charge is 2.13. The van der Waals surface area contributed by atoms with Crippen molar-refractivity contribution in [2.45, 2.75) is 39.5 Å². The Bertz CT molecular complexity index is 294. The van der Waals surface area contributed by atoms with Crippen LogP contribution in [0, 0.1) is 5.92 Å². The number of allylic oxidation sites excluding steroid dienone is 6. The summed E-state index contributed by atoms with van der Waals surface area (Å²) in [5.41, 5.74) is 2.25. The topological polar surface area (TPSA) is 17.1 Å². The minimum atomic E-state index is 0.451. The minimum absolute atomic E-state index is 0.451. The van der Waals surface area contributed by atoms with Crippen molar-refractivity contribution in [1.29, 1.82) is 0 Å². The fourth-order valence-electron chi connectivity index (χ4n) is 1.96. The normalized spacial score (nSPS) is 21.3. The molecule has 0 saturated carbocycles. The third kappa shape index (κ3) is 3.50. The molecule has 1 aliphatic carbocycles. The second-order valence-corrected chi connectivity index (χ2v) is 4.08. The molecule has 0 aromatic carbocycles. The quantitative estimate of drug-likeness (QED) is 0.491. The Balaban J connectivity index is 2.76. The van der Waals surface area contributed by atoms with Crippen molar-refractivity contribution in [1.82, 2.24) is 0 Å². The van der Waals surface area contributed by atoms with Gasteiger partial charge >= 0.3 is 0 Å². The average molecular weight is 204 g/mol.